The van der Waals surface area contributed by atoms with Gasteiger partial charge >= 0.3 is 0 Å². The number of rotatable bonds is 8. The Labute approximate surface area is 165 Å². The number of nitrogens with one attached hydrogen (secondary N) is 2. The molecule has 8 heteroatoms. The number of carbonyl (C=O) groups is 3. The molecule has 0 saturated carbocycles. The highest BCUT2D eigenvalue weighted by atomic mass is 32.2. The highest BCUT2D eigenvalue weighted by Gasteiger charge is 2.73. The molecule has 3 aliphatic rings. The lowest BCUT2D eigenvalue weighted by Gasteiger charge is -2.34. The van der Waals surface area contributed by atoms with E-state index in [0.29, 0.717) is 19.5 Å². The summed E-state index contributed by atoms with van der Waals surface area (Å²) in [5.74, 6) is -1.10. The smallest absolute Gasteiger partial charge is 0.244 e. The molecule has 3 N–H and O–H groups in total. The Bertz CT molecular complexity index is 614. The molecule has 1 spiro atoms. The van der Waals surface area contributed by atoms with E-state index in [1.807, 2.05) is 20.8 Å². The molecule has 0 aliphatic carbocycles. The fraction of sp³-hybridized carbons (Fsp3) is 0.842. The van der Waals surface area contributed by atoms with E-state index in [-0.39, 0.29) is 41.5 Å². The van der Waals surface area contributed by atoms with E-state index in [9.17, 15) is 19.5 Å². The van der Waals surface area contributed by atoms with Crippen LogP contribution in [0.2, 0.25) is 0 Å². The van der Waals surface area contributed by atoms with Crippen LogP contribution in [0, 0.1) is 11.8 Å². The average Bonchev–Trinajstić information content (AvgIpc) is 3.24. The Hall–Kier alpha value is -1.28. The summed E-state index contributed by atoms with van der Waals surface area (Å²) < 4.78 is -0.523. The number of aliphatic hydroxyl groups excluding tert-OH is 1. The highest BCUT2D eigenvalue weighted by Crippen LogP contribution is 2.66. The summed E-state index contributed by atoms with van der Waals surface area (Å²) in [6, 6.07) is -0.585. The first-order chi connectivity index (χ1) is 12.9. The number of aliphatic hydroxyl groups is 1. The summed E-state index contributed by atoms with van der Waals surface area (Å²) >= 11 is 1.68. The van der Waals surface area contributed by atoms with E-state index in [1.54, 1.807) is 16.7 Å². The van der Waals surface area contributed by atoms with Crippen LogP contribution in [0.4, 0.5) is 0 Å². The number of likely N-dealkylation sites (tertiary alicyclic amines) is 1. The summed E-state index contributed by atoms with van der Waals surface area (Å²) in [5.41, 5.74) is 0. The van der Waals surface area contributed by atoms with Crippen molar-refractivity contribution in [2.45, 2.75) is 68.5 Å². The Kier molecular flexibility index (Phi) is 6.05. The topological polar surface area (TPSA) is 98.7 Å². The van der Waals surface area contributed by atoms with Crippen LogP contribution in [0.25, 0.3) is 0 Å². The van der Waals surface area contributed by atoms with Gasteiger partial charge in [-0.15, -0.1) is 11.8 Å². The highest BCUT2D eigenvalue weighted by molar-refractivity contribution is 8.02. The second-order valence-electron chi connectivity index (χ2n) is 8.12. The van der Waals surface area contributed by atoms with Gasteiger partial charge in [-0.3, -0.25) is 14.4 Å². The molecule has 3 amide bonds. The number of thioether (sulfide) groups is 1. The SMILES string of the molecule is CCCNC(=O)[C@@H]1[C@@H]2CCC3(S2)C(C(=O)NC(C)C)N(CCCO)C(=O)[C@H]13. The molecule has 3 aliphatic heterocycles. The third kappa shape index (κ3) is 3.35. The third-order valence-corrected chi connectivity index (χ3v) is 7.84. The van der Waals surface area contributed by atoms with Crippen LogP contribution < -0.4 is 10.6 Å². The number of hydrogen-bond acceptors (Lipinski definition) is 5. The number of nitrogens with zero attached hydrogens (tertiary/aromatic N) is 1. The van der Waals surface area contributed by atoms with Crippen LogP contribution in [-0.4, -0.2) is 69.5 Å². The average molecular weight is 398 g/mol. The second kappa shape index (κ2) is 7.99. The van der Waals surface area contributed by atoms with Gasteiger partial charge in [0.05, 0.1) is 16.6 Å². The van der Waals surface area contributed by atoms with E-state index in [1.165, 1.54) is 0 Å². The monoisotopic (exact) mass is 397 g/mol. The normalized spacial score (nSPS) is 34.3. The van der Waals surface area contributed by atoms with Gasteiger partial charge in [0.25, 0.3) is 0 Å². The molecule has 152 valence electrons. The lowest BCUT2D eigenvalue weighted by atomic mass is 9.70. The lowest BCUT2D eigenvalue weighted by molar-refractivity contribution is -0.140. The zero-order valence-corrected chi connectivity index (χ0v) is 17.2. The first-order valence-corrected chi connectivity index (χ1v) is 10.9. The van der Waals surface area contributed by atoms with Gasteiger partial charge in [0.1, 0.15) is 6.04 Å². The van der Waals surface area contributed by atoms with Crippen molar-refractivity contribution < 1.29 is 19.5 Å². The summed E-state index contributed by atoms with van der Waals surface area (Å²) in [6.45, 7) is 6.73. The molecule has 0 aromatic rings. The minimum atomic E-state index is -0.567. The molecule has 7 nitrogen and oxygen atoms in total. The molecule has 27 heavy (non-hydrogen) atoms. The maximum absolute atomic E-state index is 13.3. The van der Waals surface area contributed by atoms with Crippen molar-refractivity contribution in [3.05, 3.63) is 0 Å². The Morgan fingerprint density at radius 2 is 2.11 bits per heavy atom. The van der Waals surface area contributed by atoms with Crippen molar-refractivity contribution in [3.63, 3.8) is 0 Å². The number of fused-ring (bicyclic) bond motifs is 1. The predicted molar refractivity (Wildman–Crippen MR) is 104 cm³/mol. The van der Waals surface area contributed by atoms with Crippen LogP contribution in [0.3, 0.4) is 0 Å². The van der Waals surface area contributed by atoms with Crippen molar-refractivity contribution in [2.24, 2.45) is 11.8 Å². The van der Waals surface area contributed by atoms with E-state index in [2.05, 4.69) is 10.6 Å². The fourth-order valence-electron chi connectivity index (χ4n) is 4.96. The fourth-order valence-corrected chi connectivity index (χ4v) is 7.18. The van der Waals surface area contributed by atoms with Crippen LogP contribution in [0.5, 0.6) is 0 Å². The lowest BCUT2D eigenvalue weighted by Crippen LogP contribution is -2.55. The van der Waals surface area contributed by atoms with E-state index >= 15 is 0 Å². The summed E-state index contributed by atoms with van der Waals surface area (Å²) in [5, 5.41) is 15.3. The number of carbonyl (C=O) groups excluding carboxylic acids is 3. The Morgan fingerprint density at radius 1 is 1.37 bits per heavy atom. The van der Waals surface area contributed by atoms with E-state index in [4.69, 9.17) is 0 Å². The first-order valence-electron chi connectivity index (χ1n) is 10.0. The second-order valence-corrected chi connectivity index (χ2v) is 9.72. The summed E-state index contributed by atoms with van der Waals surface area (Å²) in [7, 11) is 0. The molecule has 2 unspecified atom stereocenters. The van der Waals surface area contributed by atoms with Gasteiger partial charge in [0, 0.05) is 31.0 Å². The zero-order valence-electron chi connectivity index (χ0n) is 16.4. The van der Waals surface area contributed by atoms with Gasteiger partial charge in [-0.2, -0.15) is 0 Å². The van der Waals surface area contributed by atoms with Crippen LogP contribution in [0.15, 0.2) is 0 Å². The summed E-state index contributed by atoms with van der Waals surface area (Å²) in [4.78, 5) is 40.9. The molecule has 3 heterocycles. The van der Waals surface area contributed by atoms with Gasteiger partial charge in [0.2, 0.25) is 17.7 Å². The third-order valence-electron chi connectivity index (χ3n) is 5.89. The van der Waals surface area contributed by atoms with E-state index < -0.39 is 16.7 Å². The zero-order chi connectivity index (χ0) is 19.8. The molecule has 3 fully saturated rings. The minimum Gasteiger partial charge on any atom is -0.396 e. The molecule has 0 radical (unpaired) electrons. The van der Waals surface area contributed by atoms with Crippen molar-refractivity contribution in [2.75, 3.05) is 19.7 Å². The van der Waals surface area contributed by atoms with Gasteiger partial charge in [-0.05, 0) is 39.5 Å². The molecule has 0 aromatic carbocycles. The Balaban J connectivity index is 1.93. The first kappa shape index (κ1) is 20.5. The molecular weight excluding hydrogens is 366 g/mol. The minimum absolute atomic E-state index is 0.0185. The van der Waals surface area contributed by atoms with Crippen LogP contribution in [0.1, 0.15) is 46.5 Å². The van der Waals surface area contributed by atoms with Gasteiger partial charge < -0.3 is 20.6 Å². The Morgan fingerprint density at radius 3 is 2.74 bits per heavy atom. The van der Waals surface area contributed by atoms with E-state index in [0.717, 1.165) is 19.3 Å². The maximum Gasteiger partial charge on any atom is 0.244 e. The van der Waals surface area contributed by atoms with Gasteiger partial charge in [0.15, 0.2) is 0 Å². The quantitative estimate of drug-likeness (QED) is 0.554. The van der Waals surface area contributed by atoms with Crippen LogP contribution in [-0.2, 0) is 14.4 Å². The molecular formula is C19H31N3O4S. The standard InChI is InChI=1S/C19H31N3O4S/c1-4-8-20-16(24)13-12-6-7-19(27-12)14(13)18(26)22(9-5-10-23)15(19)17(25)21-11(2)3/h11-15,23H,4-10H2,1-3H3,(H,20,24)(H,21,25)/t12-,13+,14-,15?,19?/m0/s1. The van der Waals surface area contributed by atoms with Crippen LogP contribution >= 0.6 is 11.8 Å². The van der Waals surface area contributed by atoms with Crippen molar-refractivity contribution >= 4 is 29.5 Å². The van der Waals surface area contributed by atoms with Gasteiger partial charge in [-0.25, -0.2) is 0 Å². The predicted octanol–water partition coefficient (Wildman–Crippen LogP) is 0.511. The number of amides is 3. The molecule has 5 atom stereocenters. The molecule has 0 aromatic heterocycles. The van der Waals surface area contributed by atoms with Crippen molar-refractivity contribution in [3.8, 4) is 0 Å². The summed E-state index contributed by atoms with van der Waals surface area (Å²) in [6.07, 6.45) is 2.92. The van der Waals surface area contributed by atoms with Crippen molar-refractivity contribution in [1.29, 1.82) is 0 Å². The molecule has 3 rings (SSSR count). The molecule has 3 saturated heterocycles. The maximum atomic E-state index is 13.3. The largest absolute Gasteiger partial charge is 0.396 e. The number of hydrogen-bond donors (Lipinski definition) is 3. The van der Waals surface area contributed by atoms with Crippen molar-refractivity contribution in [1.82, 2.24) is 15.5 Å². The molecule has 2 bridgehead atoms. The van der Waals surface area contributed by atoms with Gasteiger partial charge in [-0.1, -0.05) is 6.92 Å².